The monoisotopic (exact) mass is 235 g/mol. The number of hydrogen-bond acceptors (Lipinski definition) is 3. The minimum Gasteiger partial charge on any atom is -0.378 e. The Morgan fingerprint density at radius 1 is 1.29 bits per heavy atom. The smallest absolute Gasteiger partial charge is 0.226 e. The van der Waals surface area contributed by atoms with Crippen LogP contribution in [0.3, 0.4) is 0 Å². The van der Waals surface area contributed by atoms with Crippen LogP contribution in [0.25, 0.3) is 0 Å². The largest absolute Gasteiger partial charge is 0.378 e. The summed E-state index contributed by atoms with van der Waals surface area (Å²) in [6, 6.07) is 7.69. The Kier molecular flexibility index (Phi) is 4.12. The third-order valence-electron chi connectivity index (χ3n) is 2.28. The molecule has 17 heavy (non-hydrogen) atoms. The Hall–Kier alpha value is -1.55. The molecule has 1 aromatic rings. The van der Waals surface area contributed by atoms with Crippen molar-refractivity contribution in [3.63, 3.8) is 0 Å². The first-order valence-corrected chi connectivity index (χ1v) is 5.64. The van der Waals surface area contributed by atoms with E-state index in [9.17, 15) is 4.79 Å². The number of anilines is 2. The van der Waals surface area contributed by atoms with Crippen LogP contribution in [0.4, 0.5) is 11.4 Å². The van der Waals surface area contributed by atoms with E-state index in [4.69, 9.17) is 5.73 Å². The molecule has 0 fully saturated rings. The lowest BCUT2D eigenvalue weighted by molar-refractivity contribution is -0.117. The molecular weight excluding hydrogens is 214 g/mol. The highest BCUT2D eigenvalue weighted by Gasteiger charge is 2.16. The molecule has 0 unspecified atom stereocenters. The summed E-state index contributed by atoms with van der Waals surface area (Å²) in [5.74, 6) is -0.0601. The predicted molar refractivity (Wildman–Crippen MR) is 72.3 cm³/mol. The number of benzene rings is 1. The number of amides is 1. The first kappa shape index (κ1) is 13.5. The standard InChI is InChI=1S/C13H21N3O/c1-13(2,14)9-12(17)15-10-5-7-11(8-6-10)16(3)4/h5-8H,9,14H2,1-4H3,(H,15,17). The summed E-state index contributed by atoms with van der Waals surface area (Å²) in [4.78, 5) is 13.7. The van der Waals surface area contributed by atoms with Gasteiger partial charge < -0.3 is 16.0 Å². The van der Waals surface area contributed by atoms with Crippen LogP contribution in [0.2, 0.25) is 0 Å². The van der Waals surface area contributed by atoms with E-state index in [1.54, 1.807) is 0 Å². The number of rotatable bonds is 4. The molecule has 0 saturated heterocycles. The number of hydrogen-bond donors (Lipinski definition) is 2. The van der Waals surface area contributed by atoms with Gasteiger partial charge in [0, 0.05) is 37.4 Å². The van der Waals surface area contributed by atoms with Gasteiger partial charge in [0.25, 0.3) is 0 Å². The van der Waals surface area contributed by atoms with E-state index >= 15 is 0 Å². The van der Waals surface area contributed by atoms with Gasteiger partial charge >= 0.3 is 0 Å². The van der Waals surface area contributed by atoms with E-state index in [2.05, 4.69) is 5.32 Å². The first-order chi connectivity index (χ1) is 7.78. The Morgan fingerprint density at radius 2 is 1.82 bits per heavy atom. The lowest BCUT2D eigenvalue weighted by Gasteiger charge is -2.18. The molecule has 0 aliphatic carbocycles. The maximum atomic E-state index is 11.6. The minimum atomic E-state index is -0.479. The van der Waals surface area contributed by atoms with Crippen LogP contribution in [-0.4, -0.2) is 25.5 Å². The van der Waals surface area contributed by atoms with Crippen molar-refractivity contribution in [2.75, 3.05) is 24.3 Å². The fourth-order valence-corrected chi connectivity index (χ4v) is 1.46. The Labute approximate surface area is 103 Å². The van der Waals surface area contributed by atoms with Crippen LogP contribution >= 0.6 is 0 Å². The lowest BCUT2D eigenvalue weighted by Crippen LogP contribution is -2.36. The molecule has 0 aliphatic heterocycles. The van der Waals surface area contributed by atoms with Gasteiger partial charge in [-0.25, -0.2) is 0 Å². The van der Waals surface area contributed by atoms with Gasteiger partial charge in [-0.15, -0.1) is 0 Å². The molecule has 0 saturated carbocycles. The lowest BCUT2D eigenvalue weighted by atomic mass is 10.0. The zero-order valence-electron chi connectivity index (χ0n) is 10.9. The van der Waals surface area contributed by atoms with E-state index in [-0.39, 0.29) is 5.91 Å². The molecular formula is C13H21N3O. The minimum absolute atomic E-state index is 0.0601. The van der Waals surface area contributed by atoms with Gasteiger partial charge in [0.1, 0.15) is 0 Å². The summed E-state index contributed by atoms with van der Waals surface area (Å²) in [5, 5.41) is 2.83. The van der Waals surface area contributed by atoms with Crippen LogP contribution < -0.4 is 16.0 Å². The van der Waals surface area contributed by atoms with Crippen LogP contribution in [-0.2, 0) is 4.79 Å². The quantitative estimate of drug-likeness (QED) is 0.837. The fourth-order valence-electron chi connectivity index (χ4n) is 1.46. The highest BCUT2D eigenvalue weighted by molar-refractivity contribution is 5.91. The van der Waals surface area contributed by atoms with Gasteiger partial charge in [0.05, 0.1) is 0 Å². The summed E-state index contributed by atoms with van der Waals surface area (Å²) >= 11 is 0. The number of nitrogens with zero attached hydrogens (tertiary/aromatic N) is 1. The highest BCUT2D eigenvalue weighted by atomic mass is 16.1. The molecule has 0 spiro atoms. The van der Waals surface area contributed by atoms with Crippen molar-refractivity contribution in [2.45, 2.75) is 25.8 Å². The molecule has 0 aliphatic rings. The second kappa shape index (κ2) is 5.19. The molecule has 4 heteroatoms. The van der Waals surface area contributed by atoms with E-state index in [0.29, 0.717) is 6.42 Å². The number of carbonyl (C=O) groups excluding carboxylic acids is 1. The van der Waals surface area contributed by atoms with Crippen LogP contribution in [0.1, 0.15) is 20.3 Å². The van der Waals surface area contributed by atoms with Crippen molar-refractivity contribution in [2.24, 2.45) is 5.73 Å². The van der Waals surface area contributed by atoms with Crippen molar-refractivity contribution in [3.8, 4) is 0 Å². The van der Waals surface area contributed by atoms with Crippen molar-refractivity contribution in [1.29, 1.82) is 0 Å². The first-order valence-electron chi connectivity index (χ1n) is 5.64. The average Bonchev–Trinajstić information content (AvgIpc) is 2.15. The number of carbonyl (C=O) groups is 1. The van der Waals surface area contributed by atoms with Gasteiger partial charge in [0.2, 0.25) is 5.91 Å². The highest BCUT2D eigenvalue weighted by Crippen LogP contribution is 2.16. The molecule has 4 nitrogen and oxygen atoms in total. The molecule has 0 bridgehead atoms. The van der Waals surface area contributed by atoms with E-state index < -0.39 is 5.54 Å². The zero-order chi connectivity index (χ0) is 13.1. The van der Waals surface area contributed by atoms with Gasteiger partial charge in [-0.05, 0) is 38.1 Å². The molecule has 0 aromatic heterocycles. The Bertz CT molecular complexity index is 377. The van der Waals surface area contributed by atoms with E-state index in [0.717, 1.165) is 11.4 Å². The summed E-state index contributed by atoms with van der Waals surface area (Å²) in [6.45, 7) is 3.67. The zero-order valence-corrected chi connectivity index (χ0v) is 10.9. The van der Waals surface area contributed by atoms with E-state index in [1.165, 1.54) is 0 Å². The Morgan fingerprint density at radius 3 is 2.24 bits per heavy atom. The van der Waals surface area contributed by atoms with Crippen molar-refractivity contribution in [3.05, 3.63) is 24.3 Å². The van der Waals surface area contributed by atoms with Crippen LogP contribution in [0.5, 0.6) is 0 Å². The van der Waals surface area contributed by atoms with Gasteiger partial charge in [0.15, 0.2) is 0 Å². The third kappa shape index (κ3) is 4.87. The summed E-state index contributed by atoms with van der Waals surface area (Å²) in [5.41, 5.74) is 7.20. The summed E-state index contributed by atoms with van der Waals surface area (Å²) in [7, 11) is 3.95. The molecule has 3 N–H and O–H groups in total. The van der Waals surface area contributed by atoms with Crippen molar-refractivity contribution < 1.29 is 4.79 Å². The maximum Gasteiger partial charge on any atom is 0.226 e. The van der Waals surface area contributed by atoms with Gasteiger partial charge in [-0.1, -0.05) is 0 Å². The number of nitrogens with two attached hydrogens (primary N) is 1. The molecule has 94 valence electrons. The maximum absolute atomic E-state index is 11.6. The average molecular weight is 235 g/mol. The van der Waals surface area contributed by atoms with E-state index in [1.807, 2.05) is 57.1 Å². The van der Waals surface area contributed by atoms with Gasteiger partial charge in [-0.2, -0.15) is 0 Å². The molecule has 1 rings (SSSR count). The second-order valence-corrected chi connectivity index (χ2v) is 5.15. The number of nitrogens with one attached hydrogen (secondary N) is 1. The predicted octanol–water partition coefficient (Wildman–Crippen LogP) is 1.82. The third-order valence-corrected chi connectivity index (χ3v) is 2.28. The molecule has 0 radical (unpaired) electrons. The van der Waals surface area contributed by atoms with Crippen LogP contribution in [0.15, 0.2) is 24.3 Å². The molecule has 0 atom stereocenters. The SMILES string of the molecule is CN(C)c1ccc(NC(=O)CC(C)(C)N)cc1. The molecule has 1 aromatic carbocycles. The normalized spacial score (nSPS) is 11.1. The van der Waals surface area contributed by atoms with Crippen molar-refractivity contribution in [1.82, 2.24) is 0 Å². The second-order valence-electron chi connectivity index (χ2n) is 5.15. The topological polar surface area (TPSA) is 58.4 Å². The fraction of sp³-hybridized carbons (Fsp3) is 0.462. The van der Waals surface area contributed by atoms with Crippen LogP contribution in [0, 0.1) is 0 Å². The van der Waals surface area contributed by atoms with Gasteiger partial charge in [-0.3, -0.25) is 4.79 Å². The van der Waals surface area contributed by atoms with Crippen molar-refractivity contribution >= 4 is 17.3 Å². The molecule has 0 heterocycles. The Balaban J connectivity index is 2.61. The summed E-state index contributed by atoms with van der Waals surface area (Å²) < 4.78 is 0. The summed E-state index contributed by atoms with van der Waals surface area (Å²) in [6.07, 6.45) is 0.308. The molecule has 1 amide bonds.